The van der Waals surface area contributed by atoms with Crippen LogP contribution in [0.25, 0.3) is 0 Å². The van der Waals surface area contributed by atoms with E-state index in [1.54, 1.807) is 0 Å². The van der Waals surface area contributed by atoms with Crippen LogP contribution in [0.3, 0.4) is 0 Å². The van der Waals surface area contributed by atoms with E-state index in [1.165, 1.54) is 0 Å². The molecule has 0 saturated heterocycles. The van der Waals surface area contributed by atoms with Gasteiger partial charge in [-0.2, -0.15) is 0 Å². The van der Waals surface area contributed by atoms with Crippen LogP contribution in [0.5, 0.6) is 0 Å². The van der Waals surface area contributed by atoms with E-state index in [-0.39, 0.29) is 52.0 Å². The van der Waals surface area contributed by atoms with Gasteiger partial charge in [0.1, 0.15) is 0 Å². The van der Waals surface area contributed by atoms with Gasteiger partial charge >= 0.3 is 39.9 Å². The first-order chi connectivity index (χ1) is 1.41. The summed E-state index contributed by atoms with van der Waals surface area (Å²) in [6, 6.07) is 0. The van der Waals surface area contributed by atoms with Gasteiger partial charge in [-0.3, -0.25) is 0 Å². The van der Waals surface area contributed by atoms with E-state index in [1.807, 2.05) is 0 Å². The molecular weight excluding hydrogens is 406 g/mol. The van der Waals surface area contributed by atoms with Crippen LogP contribution < -0.4 is 0 Å². The van der Waals surface area contributed by atoms with E-state index in [4.69, 9.17) is 0 Å². The standard InChI is InChI=1S/Cu.2Se.Sn.Zn. The van der Waals surface area contributed by atoms with Crippen molar-refractivity contribution in [2.45, 2.75) is 0 Å². The van der Waals surface area contributed by atoms with Crippen LogP contribution in [-0.2, 0) is 36.5 Å². The quantitative estimate of drug-likeness (QED) is 0.447. The van der Waals surface area contributed by atoms with Crippen LogP contribution in [0, 0.1) is 0 Å². The molecule has 0 saturated carbocycles. The molecule has 0 N–H and O–H groups in total. The zero-order valence-electron chi connectivity index (χ0n) is 2.33. The minimum atomic E-state index is -0.0200. The first kappa shape index (κ1) is 15.7. The summed E-state index contributed by atoms with van der Waals surface area (Å²) < 4.78 is 0. The maximum absolute atomic E-state index is 2.92. The summed E-state index contributed by atoms with van der Waals surface area (Å²) in [6.45, 7) is 0. The number of hydrogen-bond donors (Lipinski definition) is 0. The molecule has 0 spiro atoms. The van der Waals surface area contributed by atoms with Gasteiger partial charge < -0.3 is 0 Å². The molecule has 0 atom stereocenters. The van der Waals surface area contributed by atoms with Crippen molar-refractivity contribution in [3.05, 3.63) is 0 Å². The van der Waals surface area contributed by atoms with Gasteiger partial charge in [0.25, 0.3) is 0 Å². The summed E-state index contributed by atoms with van der Waals surface area (Å²) in [6.07, 6.45) is 0. The molecule has 0 aliphatic carbocycles. The molecule has 0 nitrogen and oxygen atoms in total. The molecule has 0 aliphatic heterocycles. The van der Waals surface area contributed by atoms with E-state index < -0.39 is 0 Å². The Balaban J connectivity index is -0.0000000200. The first-order valence-electron chi connectivity index (χ1n) is 0.408. The molecule has 0 amide bonds. The van der Waals surface area contributed by atoms with Crippen molar-refractivity contribution < 1.29 is 36.5 Å². The Morgan fingerprint density at radius 1 is 1.20 bits per heavy atom. The van der Waals surface area contributed by atoms with Gasteiger partial charge in [-0.05, 0) is 0 Å². The summed E-state index contributed by atoms with van der Waals surface area (Å²) in [7, 11) is 0. The van der Waals surface area contributed by atoms with Gasteiger partial charge in [0, 0.05) is 36.5 Å². The largest absolute Gasteiger partial charge is 0 e. The van der Waals surface area contributed by atoms with Crippen molar-refractivity contribution in [1.29, 1.82) is 0 Å². The minimum absolute atomic E-state index is 0. The summed E-state index contributed by atoms with van der Waals surface area (Å²) in [5.74, 6) is 0. The Hall–Kier alpha value is 2.98. The molecule has 0 unspecified atom stereocenters. The van der Waals surface area contributed by atoms with Crippen LogP contribution in [-0.4, -0.2) is 39.9 Å². The predicted octanol–water partition coefficient (Wildman–Crippen LogP) is -1.15. The maximum atomic E-state index is 2.92. The average molecular weight is 406 g/mol. The topological polar surface area (TPSA) is 0 Å². The number of rotatable bonds is 0. The molecule has 0 aromatic rings. The Morgan fingerprint density at radius 2 is 1.20 bits per heavy atom. The van der Waals surface area contributed by atoms with E-state index in [9.17, 15) is 0 Å². The second-order valence-corrected chi connectivity index (χ2v) is 15.1. The second-order valence-electron chi connectivity index (χ2n) is 0.0833. The van der Waals surface area contributed by atoms with Gasteiger partial charge in [-0.1, -0.05) is 0 Å². The van der Waals surface area contributed by atoms with Gasteiger partial charge in [-0.15, -0.1) is 0 Å². The summed E-state index contributed by atoms with van der Waals surface area (Å²) in [5, 5.41) is 0. The molecule has 5 heavy (non-hydrogen) atoms. The molecule has 1 radical (unpaired) electrons. The number of hydrogen-bond acceptors (Lipinski definition) is 0. The molecule has 0 heterocycles. The van der Waals surface area contributed by atoms with E-state index in [2.05, 4.69) is 24.4 Å². The van der Waals surface area contributed by atoms with Crippen LogP contribution >= 0.6 is 0 Å². The zero-order valence-corrected chi connectivity index (χ0v) is 12.5. The Morgan fingerprint density at radius 3 is 1.20 bits per heavy atom. The summed E-state index contributed by atoms with van der Waals surface area (Å²) in [5.41, 5.74) is 0. The summed E-state index contributed by atoms with van der Waals surface area (Å²) in [4.78, 5) is 0. The SMILES string of the molecule is [Cu].[Se]=[Sn]=[Se].[Zn]. The molecule has 0 bridgehead atoms. The van der Waals surface area contributed by atoms with E-state index in [0.717, 1.165) is 0 Å². The van der Waals surface area contributed by atoms with Gasteiger partial charge in [0.2, 0.25) is 0 Å². The minimum Gasteiger partial charge on any atom is 0 e. The average Bonchev–Trinajstić information content (AvgIpc) is 0.918. The molecule has 0 aromatic heterocycles. The van der Waals surface area contributed by atoms with E-state index in [0.29, 0.717) is 0 Å². The molecule has 0 fully saturated rings. The summed E-state index contributed by atoms with van der Waals surface area (Å²) >= 11 is 5.82. The molecule has 0 aliphatic rings. The second kappa shape index (κ2) is 15.8. The van der Waals surface area contributed by atoms with E-state index >= 15 is 0 Å². The first-order valence-corrected chi connectivity index (χ1v) is 14.2. The Bertz CT molecular complexity index is 30.6. The van der Waals surface area contributed by atoms with Crippen molar-refractivity contribution in [2.24, 2.45) is 0 Å². The van der Waals surface area contributed by atoms with Crippen molar-refractivity contribution in [3.8, 4) is 0 Å². The van der Waals surface area contributed by atoms with Gasteiger partial charge in [0.05, 0.1) is 0 Å². The van der Waals surface area contributed by atoms with Crippen LogP contribution in [0.4, 0.5) is 0 Å². The molecule has 5 heteroatoms. The third-order valence-electron chi connectivity index (χ3n) is 0. The van der Waals surface area contributed by atoms with Gasteiger partial charge in [-0.25, -0.2) is 0 Å². The molecular formula is CuSe2SnZn. The third-order valence-corrected chi connectivity index (χ3v) is 0. The smallest absolute Gasteiger partial charge is 0 e. The predicted molar refractivity (Wildman–Crippen MR) is 17.3 cm³/mol. The fourth-order valence-corrected chi connectivity index (χ4v) is 0. The van der Waals surface area contributed by atoms with Crippen LogP contribution in [0.1, 0.15) is 0 Å². The normalized spacial score (nSPS) is 1.60. The van der Waals surface area contributed by atoms with Crippen molar-refractivity contribution in [1.82, 2.24) is 0 Å². The third kappa shape index (κ3) is 19.5. The molecule has 0 aromatic carbocycles. The van der Waals surface area contributed by atoms with Crippen molar-refractivity contribution in [3.63, 3.8) is 0 Å². The zero-order chi connectivity index (χ0) is 2.71. The van der Waals surface area contributed by atoms with Crippen LogP contribution in [0.15, 0.2) is 0 Å². The van der Waals surface area contributed by atoms with Crippen molar-refractivity contribution in [2.75, 3.05) is 0 Å². The Labute approximate surface area is 75.0 Å². The van der Waals surface area contributed by atoms with Crippen LogP contribution in [0.2, 0.25) is 0 Å². The monoisotopic (exact) mass is 407 g/mol. The Kier molecular flexibility index (Phi) is 49.4. The van der Waals surface area contributed by atoms with Crippen molar-refractivity contribution >= 4 is 39.9 Å². The molecule has 29 valence electrons. The maximum Gasteiger partial charge on any atom is 0 e. The molecule has 0 rings (SSSR count). The van der Waals surface area contributed by atoms with Gasteiger partial charge in [0.15, 0.2) is 0 Å². The fraction of sp³-hybridized carbons (Fsp3) is 0. The fourth-order valence-electron chi connectivity index (χ4n) is 0.